The molecule has 3 heterocycles. The normalized spacial score (nSPS) is 13.9. The highest BCUT2D eigenvalue weighted by molar-refractivity contribution is 5.92. The third-order valence-corrected chi connectivity index (χ3v) is 4.31. The molecular formula is C17H23N5O3. The van der Waals surface area contributed by atoms with Crippen LogP contribution in [0.25, 0.3) is 0 Å². The van der Waals surface area contributed by atoms with E-state index in [2.05, 4.69) is 15.6 Å². The van der Waals surface area contributed by atoms with Crippen molar-refractivity contribution >= 4 is 11.8 Å². The predicted octanol–water partition coefficient (Wildman–Crippen LogP) is 1.21. The summed E-state index contributed by atoms with van der Waals surface area (Å²) < 4.78 is 6.92. The number of aromatic nitrogens is 3. The van der Waals surface area contributed by atoms with Crippen LogP contribution in [0.2, 0.25) is 0 Å². The van der Waals surface area contributed by atoms with E-state index in [-0.39, 0.29) is 24.3 Å². The van der Waals surface area contributed by atoms with Gasteiger partial charge in [-0.1, -0.05) is 5.16 Å². The molecule has 0 aromatic carbocycles. The lowest BCUT2D eigenvalue weighted by molar-refractivity contribution is -0.132. The molecule has 2 aromatic heterocycles. The van der Waals surface area contributed by atoms with E-state index >= 15 is 0 Å². The number of aryl methyl sites for hydroxylation is 2. The van der Waals surface area contributed by atoms with Crippen LogP contribution in [0.3, 0.4) is 0 Å². The van der Waals surface area contributed by atoms with Crippen molar-refractivity contribution in [1.82, 2.24) is 25.2 Å². The van der Waals surface area contributed by atoms with Crippen LogP contribution >= 0.6 is 0 Å². The van der Waals surface area contributed by atoms with E-state index in [9.17, 15) is 9.59 Å². The number of fused-ring (bicyclic) bond motifs is 1. The first-order valence-corrected chi connectivity index (χ1v) is 8.42. The SMILES string of the molecule is Cc1noc(C)c1CC(=O)N1CCn2nc(C(=O)NC(C)C)cc2C1. The van der Waals surface area contributed by atoms with Gasteiger partial charge in [-0.3, -0.25) is 14.3 Å². The minimum Gasteiger partial charge on any atom is -0.361 e. The maximum absolute atomic E-state index is 12.6. The Morgan fingerprint density at radius 1 is 1.32 bits per heavy atom. The predicted molar refractivity (Wildman–Crippen MR) is 89.9 cm³/mol. The highest BCUT2D eigenvalue weighted by Crippen LogP contribution is 2.18. The fraction of sp³-hybridized carbons (Fsp3) is 0.529. The first-order valence-electron chi connectivity index (χ1n) is 8.42. The lowest BCUT2D eigenvalue weighted by atomic mass is 10.1. The van der Waals surface area contributed by atoms with Crippen LogP contribution in [0.1, 0.15) is 47.0 Å². The first kappa shape index (κ1) is 17.2. The van der Waals surface area contributed by atoms with Crippen LogP contribution in [0.5, 0.6) is 0 Å². The summed E-state index contributed by atoms with van der Waals surface area (Å²) in [4.78, 5) is 26.5. The molecule has 0 unspecified atom stereocenters. The van der Waals surface area contributed by atoms with Gasteiger partial charge >= 0.3 is 0 Å². The molecule has 2 amide bonds. The van der Waals surface area contributed by atoms with E-state index in [4.69, 9.17) is 4.52 Å². The Balaban J connectivity index is 1.69. The molecule has 0 fully saturated rings. The molecule has 3 rings (SSSR count). The second kappa shape index (κ2) is 6.70. The molecule has 1 aliphatic rings. The van der Waals surface area contributed by atoms with Crippen molar-refractivity contribution in [2.75, 3.05) is 6.54 Å². The zero-order valence-electron chi connectivity index (χ0n) is 15.0. The van der Waals surface area contributed by atoms with Crippen molar-refractivity contribution in [1.29, 1.82) is 0 Å². The van der Waals surface area contributed by atoms with Gasteiger partial charge in [0.2, 0.25) is 5.91 Å². The van der Waals surface area contributed by atoms with Gasteiger partial charge in [-0.05, 0) is 33.8 Å². The van der Waals surface area contributed by atoms with E-state index in [1.54, 1.807) is 15.6 Å². The van der Waals surface area contributed by atoms with E-state index in [1.165, 1.54) is 0 Å². The van der Waals surface area contributed by atoms with Crippen molar-refractivity contribution in [3.8, 4) is 0 Å². The third kappa shape index (κ3) is 3.57. The number of amides is 2. The standard InChI is InChI=1S/C17H23N5O3/c1-10(2)18-17(24)15-7-13-9-21(5-6-22(13)19-15)16(23)8-14-11(3)20-25-12(14)4/h7,10H,5-6,8-9H2,1-4H3,(H,18,24). The number of hydrogen-bond acceptors (Lipinski definition) is 5. The number of carbonyl (C=O) groups is 2. The van der Waals surface area contributed by atoms with Gasteiger partial charge in [0.05, 0.1) is 30.9 Å². The summed E-state index contributed by atoms with van der Waals surface area (Å²) in [7, 11) is 0. The van der Waals surface area contributed by atoms with Gasteiger partial charge in [0, 0.05) is 18.2 Å². The molecule has 0 aliphatic carbocycles. The van der Waals surface area contributed by atoms with Crippen molar-refractivity contribution in [3.63, 3.8) is 0 Å². The smallest absolute Gasteiger partial charge is 0.271 e. The Morgan fingerprint density at radius 3 is 2.72 bits per heavy atom. The van der Waals surface area contributed by atoms with Crippen LogP contribution in [0.4, 0.5) is 0 Å². The number of nitrogens with zero attached hydrogens (tertiary/aromatic N) is 4. The van der Waals surface area contributed by atoms with Crippen molar-refractivity contribution in [2.24, 2.45) is 0 Å². The van der Waals surface area contributed by atoms with E-state index in [0.717, 1.165) is 17.0 Å². The zero-order valence-corrected chi connectivity index (χ0v) is 15.0. The Hall–Kier alpha value is -2.64. The monoisotopic (exact) mass is 345 g/mol. The third-order valence-electron chi connectivity index (χ3n) is 4.31. The molecule has 0 radical (unpaired) electrons. The minimum atomic E-state index is -0.189. The second-order valence-electron chi connectivity index (χ2n) is 6.67. The van der Waals surface area contributed by atoms with Gasteiger partial charge in [0.1, 0.15) is 5.76 Å². The summed E-state index contributed by atoms with van der Waals surface area (Å²) in [6.45, 7) is 9.06. The maximum Gasteiger partial charge on any atom is 0.271 e. The Bertz CT molecular complexity index is 786. The molecule has 0 spiro atoms. The zero-order chi connectivity index (χ0) is 18.1. The Labute approximate surface area is 146 Å². The molecule has 2 aromatic rings. The summed E-state index contributed by atoms with van der Waals surface area (Å²) >= 11 is 0. The summed E-state index contributed by atoms with van der Waals surface area (Å²) in [6.07, 6.45) is 0.274. The van der Waals surface area contributed by atoms with Crippen molar-refractivity contribution in [2.45, 2.75) is 53.2 Å². The number of carbonyl (C=O) groups excluding carboxylic acids is 2. The Morgan fingerprint density at radius 2 is 2.08 bits per heavy atom. The second-order valence-corrected chi connectivity index (χ2v) is 6.67. The number of hydrogen-bond donors (Lipinski definition) is 1. The largest absolute Gasteiger partial charge is 0.361 e. The summed E-state index contributed by atoms with van der Waals surface area (Å²) in [5.74, 6) is 0.515. The van der Waals surface area contributed by atoms with Gasteiger partial charge in [-0.2, -0.15) is 5.10 Å². The Kier molecular flexibility index (Phi) is 4.61. The van der Waals surface area contributed by atoms with Gasteiger partial charge in [-0.15, -0.1) is 0 Å². The van der Waals surface area contributed by atoms with E-state index < -0.39 is 0 Å². The van der Waals surface area contributed by atoms with Crippen molar-refractivity contribution < 1.29 is 14.1 Å². The van der Waals surface area contributed by atoms with Crippen LogP contribution in [0.15, 0.2) is 10.6 Å². The van der Waals surface area contributed by atoms with E-state index in [1.807, 2.05) is 27.7 Å². The van der Waals surface area contributed by atoms with Gasteiger partial charge < -0.3 is 14.7 Å². The molecule has 1 aliphatic heterocycles. The molecule has 8 heteroatoms. The topological polar surface area (TPSA) is 93.3 Å². The van der Waals surface area contributed by atoms with Crippen LogP contribution in [-0.2, 0) is 24.3 Å². The molecule has 0 saturated heterocycles. The number of nitrogens with one attached hydrogen (secondary N) is 1. The van der Waals surface area contributed by atoms with Crippen LogP contribution < -0.4 is 5.32 Å². The first-order chi connectivity index (χ1) is 11.8. The number of rotatable bonds is 4. The highest BCUT2D eigenvalue weighted by atomic mass is 16.5. The quantitative estimate of drug-likeness (QED) is 0.899. The molecular weight excluding hydrogens is 322 g/mol. The van der Waals surface area contributed by atoms with Gasteiger partial charge in [0.25, 0.3) is 5.91 Å². The molecule has 25 heavy (non-hydrogen) atoms. The maximum atomic E-state index is 12.6. The van der Waals surface area contributed by atoms with Crippen LogP contribution in [-0.4, -0.2) is 44.2 Å². The average Bonchev–Trinajstić information content (AvgIpc) is 3.11. The summed E-state index contributed by atoms with van der Waals surface area (Å²) in [5.41, 5.74) is 2.86. The van der Waals surface area contributed by atoms with Crippen LogP contribution in [0, 0.1) is 13.8 Å². The fourth-order valence-corrected chi connectivity index (χ4v) is 2.94. The lowest BCUT2D eigenvalue weighted by Gasteiger charge is -2.27. The molecule has 8 nitrogen and oxygen atoms in total. The van der Waals surface area contributed by atoms with Crippen molar-refractivity contribution in [3.05, 3.63) is 34.5 Å². The molecule has 134 valence electrons. The summed E-state index contributed by atoms with van der Waals surface area (Å²) in [5, 5.41) is 11.1. The minimum absolute atomic E-state index is 0.0232. The van der Waals surface area contributed by atoms with E-state index in [0.29, 0.717) is 31.1 Å². The lowest BCUT2D eigenvalue weighted by Crippen LogP contribution is -2.39. The molecule has 1 N–H and O–H groups in total. The highest BCUT2D eigenvalue weighted by Gasteiger charge is 2.25. The molecule has 0 saturated carbocycles. The summed E-state index contributed by atoms with van der Waals surface area (Å²) in [6, 6.07) is 1.81. The van der Waals surface area contributed by atoms with Gasteiger partial charge in [-0.25, -0.2) is 0 Å². The molecule has 0 atom stereocenters. The van der Waals surface area contributed by atoms with Gasteiger partial charge in [0.15, 0.2) is 5.69 Å². The molecule has 0 bridgehead atoms. The average molecular weight is 345 g/mol. The fourth-order valence-electron chi connectivity index (χ4n) is 2.94.